The summed E-state index contributed by atoms with van der Waals surface area (Å²) in [4.78, 5) is 5.52. The molecule has 1 aromatic rings. The SMILES string of the molecule is Cc1c[nH]c(=S)n1CC1CCCN(C)C1. The molecule has 1 N–H and O–H groups in total. The van der Waals surface area contributed by atoms with E-state index in [1.807, 2.05) is 6.20 Å². The van der Waals surface area contributed by atoms with E-state index in [1.165, 1.54) is 31.6 Å². The number of likely N-dealkylation sites (tertiary alicyclic amines) is 1. The van der Waals surface area contributed by atoms with Gasteiger partial charge in [-0.3, -0.25) is 0 Å². The van der Waals surface area contributed by atoms with E-state index in [9.17, 15) is 0 Å². The lowest BCUT2D eigenvalue weighted by Crippen LogP contribution is -2.34. The first-order chi connectivity index (χ1) is 7.16. The fourth-order valence-corrected chi connectivity index (χ4v) is 2.67. The molecule has 1 saturated heterocycles. The van der Waals surface area contributed by atoms with Crippen LogP contribution in [0.2, 0.25) is 0 Å². The van der Waals surface area contributed by atoms with Gasteiger partial charge in [-0.25, -0.2) is 0 Å². The van der Waals surface area contributed by atoms with Crippen molar-refractivity contribution in [1.82, 2.24) is 14.5 Å². The van der Waals surface area contributed by atoms with Crippen molar-refractivity contribution < 1.29 is 0 Å². The molecule has 1 fully saturated rings. The van der Waals surface area contributed by atoms with Gasteiger partial charge in [0, 0.05) is 25.0 Å². The molecule has 4 heteroatoms. The quantitative estimate of drug-likeness (QED) is 0.780. The Labute approximate surface area is 96.1 Å². The van der Waals surface area contributed by atoms with E-state index in [0.29, 0.717) is 0 Å². The van der Waals surface area contributed by atoms with Gasteiger partial charge in [-0.05, 0) is 51.5 Å². The molecular formula is C11H19N3S. The van der Waals surface area contributed by atoms with Crippen molar-refractivity contribution in [3.63, 3.8) is 0 Å². The fourth-order valence-electron chi connectivity index (χ4n) is 2.39. The number of rotatable bonds is 2. The molecule has 0 saturated carbocycles. The molecule has 2 heterocycles. The third kappa shape index (κ3) is 2.49. The van der Waals surface area contributed by atoms with E-state index in [1.54, 1.807) is 0 Å². The van der Waals surface area contributed by atoms with Crippen LogP contribution in [-0.4, -0.2) is 34.6 Å². The molecule has 0 bridgehead atoms. The van der Waals surface area contributed by atoms with Crippen LogP contribution in [0.1, 0.15) is 18.5 Å². The number of aromatic nitrogens is 2. The number of hydrogen-bond acceptors (Lipinski definition) is 2. The van der Waals surface area contributed by atoms with Crippen LogP contribution in [0.25, 0.3) is 0 Å². The van der Waals surface area contributed by atoms with Crippen molar-refractivity contribution in [2.24, 2.45) is 5.92 Å². The summed E-state index contributed by atoms with van der Waals surface area (Å²) in [5.74, 6) is 0.755. The molecular weight excluding hydrogens is 206 g/mol. The van der Waals surface area contributed by atoms with Crippen LogP contribution < -0.4 is 0 Å². The molecule has 2 rings (SSSR count). The fraction of sp³-hybridized carbons (Fsp3) is 0.727. The summed E-state index contributed by atoms with van der Waals surface area (Å²) >= 11 is 5.26. The van der Waals surface area contributed by atoms with Crippen LogP contribution in [-0.2, 0) is 6.54 Å². The largest absolute Gasteiger partial charge is 0.337 e. The maximum Gasteiger partial charge on any atom is 0.177 e. The Kier molecular flexibility index (Phi) is 3.26. The molecule has 1 aromatic heterocycles. The average Bonchev–Trinajstić information content (AvgIpc) is 2.50. The molecule has 1 unspecified atom stereocenters. The lowest BCUT2D eigenvalue weighted by atomic mass is 9.98. The summed E-state index contributed by atoms with van der Waals surface area (Å²) in [6.07, 6.45) is 4.64. The lowest BCUT2D eigenvalue weighted by molar-refractivity contribution is 0.193. The van der Waals surface area contributed by atoms with E-state index in [-0.39, 0.29) is 0 Å². The minimum absolute atomic E-state index is 0.755. The number of aryl methyl sites for hydroxylation is 1. The van der Waals surface area contributed by atoms with Crippen molar-refractivity contribution in [1.29, 1.82) is 0 Å². The van der Waals surface area contributed by atoms with Gasteiger partial charge in [0.1, 0.15) is 0 Å². The molecule has 0 aliphatic carbocycles. The molecule has 1 aliphatic rings. The normalized spacial score (nSPS) is 23.2. The molecule has 15 heavy (non-hydrogen) atoms. The highest BCUT2D eigenvalue weighted by Gasteiger charge is 2.18. The number of nitrogens with one attached hydrogen (secondary N) is 1. The third-order valence-electron chi connectivity index (χ3n) is 3.24. The first-order valence-corrected chi connectivity index (χ1v) is 6.01. The summed E-state index contributed by atoms with van der Waals surface area (Å²) in [7, 11) is 2.20. The second-order valence-electron chi connectivity index (χ2n) is 4.62. The van der Waals surface area contributed by atoms with Gasteiger partial charge in [0.05, 0.1) is 0 Å². The topological polar surface area (TPSA) is 24.0 Å². The summed E-state index contributed by atoms with van der Waals surface area (Å²) in [5, 5.41) is 0. The van der Waals surface area contributed by atoms with Crippen LogP contribution >= 0.6 is 12.2 Å². The Morgan fingerprint density at radius 1 is 1.60 bits per heavy atom. The summed E-state index contributed by atoms with van der Waals surface area (Å²) < 4.78 is 3.08. The Bertz CT molecular complexity index is 379. The molecule has 0 radical (unpaired) electrons. The second kappa shape index (κ2) is 4.49. The minimum Gasteiger partial charge on any atom is -0.337 e. The van der Waals surface area contributed by atoms with Gasteiger partial charge in [-0.1, -0.05) is 0 Å². The van der Waals surface area contributed by atoms with E-state index < -0.39 is 0 Å². The average molecular weight is 225 g/mol. The van der Waals surface area contributed by atoms with Crippen molar-refractivity contribution in [2.45, 2.75) is 26.3 Å². The Balaban J connectivity index is 2.05. The van der Waals surface area contributed by atoms with Crippen molar-refractivity contribution >= 4 is 12.2 Å². The highest BCUT2D eigenvalue weighted by atomic mass is 32.1. The van der Waals surface area contributed by atoms with Crippen LogP contribution in [0.5, 0.6) is 0 Å². The zero-order valence-electron chi connectivity index (χ0n) is 9.49. The predicted octanol–water partition coefficient (Wildman–Crippen LogP) is 2.20. The van der Waals surface area contributed by atoms with Crippen LogP contribution in [0.3, 0.4) is 0 Å². The summed E-state index contributed by atoms with van der Waals surface area (Å²) in [5.41, 5.74) is 1.24. The molecule has 1 atom stereocenters. The van der Waals surface area contributed by atoms with Crippen LogP contribution in [0.15, 0.2) is 6.20 Å². The van der Waals surface area contributed by atoms with Gasteiger partial charge in [0.15, 0.2) is 4.77 Å². The number of hydrogen-bond donors (Lipinski definition) is 1. The van der Waals surface area contributed by atoms with Crippen molar-refractivity contribution in [2.75, 3.05) is 20.1 Å². The van der Waals surface area contributed by atoms with E-state index in [2.05, 4.69) is 28.4 Å². The summed E-state index contributed by atoms with van der Waals surface area (Å²) in [6, 6.07) is 0. The van der Waals surface area contributed by atoms with Crippen LogP contribution in [0, 0.1) is 17.6 Å². The second-order valence-corrected chi connectivity index (χ2v) is 5.00. The Morgan fingerprint density at radius 3 is 3.00 bits per heavy atom. The number of H-pyrrole nitrogens is 1. The minimum atomic E-state index is 0.755. The third-order valence-corrected chi connectivity index (χ3v) is 3.58. The Morgan fingerprint density at radius 2 is 2.40 bits per heavy atom. The van der Waals surface area contributed by atoms with Gasteiger partial charge in [-0.2, -0.15) is 0 Å². The monoisotopic (exact) mass is 225 g/mol. The maximum atomic E-state index is 5.26. The molecule has 3 nitrogen and oxygen atoms in total. The Hall–Kier alpha value is -0.610. The highest BCUT2D eigenvalue weighted by molar-refractivity contribution is 7.71. The van der Waals surface area contributed by atoms with Crippen molar-refractivity contribution in [3.8, 4) is 0 Å². The molecule has 0 aromatic carbocycles. The number of nitrogens with zero attached hydrogens (tertiary/aromatic N) is 2. The molecule has 0 amide bonds. The first-order valence-electron chi connectivity index (χ1n) is 5.60. The first kappa shape index (κ1) is 10.9. The highest BCUT2D eigenvalue weighted by Crippen LogP contribution is 2.18. The van der Waals surface area contributed by atoms with Gasteiger partial charge in [0.25, 0.3) is 0 Å². The van der Waals surface area contributed by atoms with Crippen molar-refractivity contribution in [3.05, 3.63) is 16.7 Å². The molecule has 1 aliphatic heterocycles. The standard InChI is InChI=1S/C11H19N3S/c1-9-6-12-11(15)14(9)8-10-4-3-5-13(2)7-10/h6,10H,3-5,7-8H2,1-2H3,(H,12,15). The van der Waals surface area contributed by atoms with Gasteiger partial charge in [-0.15, -0.1) is 0 Å². The van der Waals surface area contributed by atoms with E-state index in [0.717, 1.165) is 17.2 Å². The van der Waals surface area contributed by atoms with E-state index in [4.69, 9.17) is 12.2 Å². The number of piperidine rings is 1. The zero-order valence-corrected chi connectivity index (χ0v) is 10.3. The zero-order chi connectivity index (χ0) is 10.8. The van der Waals surface area contributed by atoms with Gasteiger partial charge >= 0.3 is 0 Å². The predicted molar refractivity (Wildman–Crippen MR) is 64.6 cm³/mol. The maximum absolute atomic E-state index is 5.26. The van der Waals surface area contributed by atoms with E-state index >= 15 is 0 Å². The number of aromatic amines is 1. The van der Waals surface area contributed by atoms with Gasteiger partial charge in [0.2, 0.25) is 0 Å². The lowest BCUT2D eigenvalue weighted by Gasteiger charge is -2.30. The van der Waals surface area contributed by atoms with Crippen LogP contribution in [0.4, 0.5) is 0 Å². The smallest absolute Gasteiger partial charge is 0.177 e. The van der Waals surface area contributed by atoms with Gasteiger partial charge < -0.3 is 14.5 Å². The molecule has 84 valence electrons. The summed E-state index contributed by atoms with van der Waals surface area (Å²) in [6.45, 7) is 5.62. The number of imidazole rings is 1. The molecule has 0 spiro atoms.